The number of ether oxygens (including phenoxy) is 3. The molecule has 2 heterocycles. The summed E-state index contributed by atoms with van der Waals surface area (Å²) in [6, 6.07) is 9.20. The SMILES string of the molecule is C[C@@H]1[C@@H]2CC[C@@H](C)[C@@H]3CC[C@H](C)OC(O[C@@H]1CCCOC(=O)c1ccccc1)C23. The highest BCUT2D eigenvalue weighted by molar-refractivity contribution is 5.89. The summed E-state index contributed by atoms with van der Waals surface area (Å²) < 4.78 is 18.4. The maximum absolute atomic E-state index is 12.1. The van der Waals surface area contributed by atoms with Gasteiger partial charge in [-0.15, -0.1) is 0 Å². The van der Waals surface area contributed by atoms with Crippen LogP contribution in [-0.4, -0.2) is 31.1 Å². The molecule has 0 spiro atoms. The van der Waals surface area contributed by atoms with Gasteiger partial charge in [-0.05, 0) is 74.8 Å². The van der Waals surface area contributed by atoms with Gasteiger partial charge in [-0.1, -0.05) is 38.5 Å². The van der Waals surface area contributed by atoms with E-state index in [1.54, 1.807) is 12.1 Å². The molecule has 0 aromatic heterocycles. The van der Waals surface area contributed by atoms with Gasteiger partial charge in [0.15, 0.2) is 6.29 Å². The summed E-state index contributed by atoms with van der Waals surface area (Å²) in [6.45, 7) is 7.42. The van der Waals surface area contributed by atoms with Crippen molar-refractivity contribution in [3.63, 3.8) is 0 Å². The van der Waals surface area contributed by atoms with E-state index in [0.29, 0.717) is 29.9 Å². The van der Waals surface area contributed by atoms with Crippen LogP contribution >= 0.6 is 0 Å². The van der Waals surface area contributed by atoms with Crippen molar-refractivity contribution < 1.29 is 19.0 Å². The summed E-state index contributed by atoms with van der Waals surface area (Å²) in [4.78, 5) is 12.1. The van der Waals surface area contributed by atoms with Crippen LogP contribution in [0.15, 0.2) is 30.3 Å². The first-order valence-corrected chi connectivity index (χ1v) is 11.6. The van der Waals surface area contributed by atoms with Crippen LogP contribution in [0, 0.1) is 29.6 Å². The van der Waals surface area contributed by atoms with E-state index >= 15 is 0 Å². The number of carbonyl (C=O) groups is 1. The molecule has 29 heavy (non-hydrogen) atoms. The smallest absolute Gasteiger partial charge is 0.338 e. The minimum absolute atomic E-state index is 0.0571. The Hall–Kier alpha value is -1.39. The molecule has 2 aliphatic heterocycles. The van der Waals surface area contributed by atoms with Crippen LogP contribution in [0.3, 0.4) is 0 Å². The van der Waals surface area contributed by atoms with Gasteiger partial charge in [-0.3, -0.25) is 0 Å². The van der Waals surface area contributed by atoms with Crippen molar-refractivity contribution >= 4 is 5.97 Å². The predicted octanol–water partition coefficient (Wildman–Crippen LogP) is 5.46. The average molecular weight is 401 g/mol. The largest absolute Gasteiger partial charge is 0.462 e. The van der Waals surface area contributed by atoms with Gasteiger partial charge in [-0.25, -0.2) is 4.79 Å². The van der Waals surface area contributed by atoms with Crippen LogP contribution in [0.25, 0.3) is 0 Å². The molecule has 1 aromatic rings. The highest BCUT2D eigenvalue weighted by atomic mass is 16.7. The summed E-state index contributed by atoms with van der Waals surface area (Å²) >= 11 is 0. The highest BCUT2D eigenvalue weighted by Gasteiger charge is 2.51. The number of hydrogen-bond acceptors (Lipinski definition) is 4. The first-order valence-electron chi connectivity index (χ1n) is 11.6. The molecule has 0 amide bonds. The highest BCUT2D eigenvalue weighted by Crippen LogP contribution is 2.52. The van der Waals surface area contributed by atoms with Gasteiger partial charge >= 0.3 is 5.97 Å². The van der Waals surface area contributed by atoms with Crippen molar-refractivity contribution in [2.45, 2.75) is 77.8 Å². The molecule has 4 heteroatoms. The fraction of sp³-hybridized carbons (Fsp3) is 0.720. The zero-order chi connectivity index (χ0) is 20.4. The molecule has 160 valence electrons. The Morgan fingerprint density at radius 2 is 1.76 bits per heavy atom. The molecule has 2 saturated heterocycles. The Labute approximate surface area is 175 Å². The quantitative estimate of drug-likeness (QED) is 0.486. The lowest BCUT2D eigenvalue weighted by Gasteiger charge is -2.52. The summed E-state index contributed by atoms with van der Waals surface area (Å²) in [7, 11) is 0. The molecule has 0 radical (unpaired) electrons. The molecule has 1 aromatic carbocycles. The van der Waals surface area contributed by atoms with Crippen LogP contribution in [0.5, 0.6) is 0 Å². The van der Waals surface area contributed by atoms with Gasteiger partial charge in [0.1, 0.15) is 0 Å². The van der Waals surface area contributed by atoms with Crippen molar-refractivity contribution in [2.24, 2.45) is 29.6 Å². The maximum Gasteiger partial charge on any atom is 0.338 e. The number of hydrogen-bond donors (Lipinski definition) is 0. The average Bonchev–Trinajstić information content (AvgIpc) is 2.90. The van der Waals surface area contributed by atoms with Crippen LogP contribution < -0.4 is 0 Å². The van der Waals surface area contributed by atoms with Crippen molar-refractivity contribution in [2.75, 3.05) is 6.61 Å². The molecule has 8 atom stereocenters. The van der Waals surface area contributed by atoms with E-state index in [2.05, 4.69) is 20.8 Å². The van der Waals surface area contributed by atoms with Gasteiger partial charge in [0.25, 0.3) is 0 Å². The molecule has 0 bridgehead atoms. The first-order chi connectivity index (χ1) is 14.0. The van der Waals surface area contributed by atoms with E-state index in [9.17, 15) is 4.79 Å². The molecule has 4 rings (SSSR count). The molecule has 3 aliphatic rings. The molecular formula is C25H36O4. The van der Waals surface area contributed by atoms with Crippen molar-refractivity contribution in [1.29, 1.82) is 0 Å². The number of benzene rings is 1. The van der Waals surface area contributed by atoms with Gasteiger partial charge in [-0.2, -0.15) is 0 Å². The third-order valence-electron chi connectivity index (χ3n) is 7.71. The zero-order valence-electron chi connectivity index (χ0n) is 18.1. The van der Waals surface area contributed by atoms with Gasteiger partial charge in [0, 0.05) is 5.92 Å². The van der Waals surface area contributed by atoms with E-state index < -0.39 is 0 Å². The van der Waals surface area contributed by atoms with E-state index in [-0.39, 0.29) is 24.5 Å². The first kappa shape index (κ1) is 20.9. The molecule has 2 unspecified atom stereocenters. The van der Waals surface area contributed by atoms with Gasteiger partial charge in [0.05, 0.1) is 24.4 Å². The Bertz CT molecular complexity index is 675. The topological polar surface area (TPSA) is 44.8 Å². The maximum atomic E-state index is 12.1. The number of rotatable bonds is 5. The summed E-state index contributed by atoms with van der Waals surface area (Å²) in [6.07, 6.45) is 7.20. The molecule has 1 saturated carbocycles. The Balaban J connectivity index is 1.34. The monoisotopic (exact) mass is 400 g/mol. The third kappa shape index (κ3) is 4.54. The molecule has 4 nitrogen and oxygen atoms in total. The normalized spacial score (nSPS) is 39.3. The van der Waals surface area contributed by atoms with Crippen molar-refractivity contribution in [3.8, 4) is 0 Å². The van der Waals surface area contributed by atoms with Crippen LogP contribution in [-0.2, 0) is 14.2 Å². The van der Waals surface area contributed by atoms with Crippen LogP contribution in [0.1, 0.15) is 69.7 Å². The van der Waals surface area contributed by atoms with Gasteiger partial charge < -0.3 is 14.2 Å². The zero-order valence-corrected chi connectivity index (χ0v) is 18.1. The van der Waals surface area contributed by atoms with E-state index in [1.807, 2.05) is 18.2 Å². The fourth-order valence-electron chi connectivity index (χ4n) is 6.00. The van der Waals surface area contributed by atoms with Gasteiger partial charge in [0.2, 0.25) is 0 Å². The fourth-order valence-corrected chi connectivity index (χ4v) is 6.00. The van der Waals surface area contributed by atoms with E-state index in [4.69, 9.17) is 14.2 Å². The second-order valence-corrected chi connectivity index (χ2v) is 9.53. The van der Waals surface area contributed by atoms with E-state index in [1.165, 1.54) is 19.3 Å². The molecule has 3 fully saturated rings. The lowest BCUT2D eigenvalue weighted by Crippen LogP contribution is -2.53. The Morgan fingerprint density at radius 1 is 1.00 bits per heavy atom. The predicted molar refractivity (Wildman–Crippen MR) is 112 cm³/mol. The number of esters is 1. The second kappa shape index (κ2) is 9.18. The third-order valence-corrected chi connectivity index (χ3v) is 7.71. The van der Waals surface area contributed by atoms with E-state index in [0.717, 1.165) is 31.1 Å². The molecule has 0 N–H and O–H groups in total. The summed E-state index contributed by atoms with van der Waals surface area (Å²) in [5.74, 6) is 3.04. The molecular weight excluding hydrogens is 364 g/mol. The van der Waals surface area contributed by atoms with Crippen molar-refractivity contribution in [1.82, 2.24) is 0 Å². The Kier molecular flexibility index (Phi) is 6.60. The standard InChI is InChI=1S/C25H36O4/c1-16-11-13-21-18(3)22(29-25-23(21)20(16)14-12-17(2)28-25)10-7-15-27-24(26)19-8-5-4-6-9-19/h4-6,8-9,16-18,20-23,25H,7,10-15H2,1-3H3/t16-,17+,18-,20+,21+,22-,23?,25?/m1/s1. The second-order valence-electron chi connectivity index (χ2n) is 9.53. The lowest BCUT2D eigenvalue weighted by atomic mass is 9.60. The van der Waals surface area contributed by atoms with Crippen LogP contribution in [0.4, 0.5) is 0 Å². The Morgan fingerprint density at radius 3 is 2.55 bits per heavy atom. The minimum atomic E-state index is -0.242. The van der Waals surface area contributed by atoms with Crippen LogP contribution in [0.2, 0.25) is 0 Å². The summed E-state index contributed by atoms with van der Waals surface area (Å²) in [5.41, 5.74) is 0.612. The minimum Gasteiger partial charge on any atom is -0.462 e. The number of carbonyl (C=O) groups excluding carboxylic acids is 1. The molecule has 1 aliphatic carbocycles. The summed E-state index contributed by atoms with van der Waals surface area (Å²) in [5, 5.41) is 0. The lowest BCUT2D eigenvalue weighted by molar-refractivity contribution is -0.278. The van der Waals surface area contributed by atoms with Crippen molar-refractivity contribution in [3.05, 3.63) is 35.9 Å².